The molecule has 0 amide bonds. The zero-order valence-electron chi connectivity index (χ0n) is 12.9. The molecular weight excluding hydrogens is 266 g/mol. The average Bonchev–Trinajstić information content (AvgIpc) is 2.83. The highest BCUT2D eigenvalue weighted by Gasteiger charge is 2.18. The monoisotopic (exact) mass is 291 g/mol. The average molecular weight is 291 g/mol. The summed E-state index contributed by atoms with van der Waals surface area (Å²) in [6.45, 7) is 7.71. The van der Waals surface area contributed by atoms with Crippen LogP contribution < -0.4 is 5.32 Å². The van der Waals surface area contributed by atoms with Gasteiger partial charge < -0.3 is 9.73 Å². The van der Waals surface area contributed by atoms with Crippen LogP contribution in [0.3, 0.4) is 0 Å². The Morgan fingerprint density at radius 2 is 2.00 bits per heavy atom. The van der Waals surface area contributed by atoms with Crippen molar-refractivity contribution in [2.24, 2.45) is 5.92 Å². The lowest BCUT2D eigenvalue weighted by molar-refractivity contribution is 0.424. The van der Waals surface area contributed by atoms with Gasteiger partial charge in [0.25, 0.3) is 0 Å². The number of fused-ring (bicyclic) bond motifs is 1. The molecule has 0 aliphatic heterocycles. The zero-order valence-corrected chi connectivity index (χ0v) is 13.7. The Kier molecular flexibility index (Phi) is 5.55. The molecule has 0 aliphatic rings. The first-order valence-corrected chi connectivity index (χ1v) is 8.79. The van der Waals surface area contributed by atoms with Gasteiger partial charge in [0, 0.05) is 10.9 Å². The smallest absolute Gasteiger partial charge is 0.134 e. The van der Waals surface area contributed by atoms with Crippen molar-refractivity contribution >= 4 is 22.7 Å². The van der Waals surface area contributed by atoms with Crippen LogP contribution in [0.2, 0.25) is 0 Å². The molecule has 2 atom stereocenters. The summed E-state index contributed by atoms with van der Waals surface area (Å²) in [6.07, 6.45) is 3.17. The topological polar surface area (TPSA) is 25.2 Å². The first-order valence-electron chi connectivity index (χ1n) is 7.40. The molecule has 3 heteroatoms. The predicted molar refractivity (Wildman–Crippen MR) is 89.6 cm³/mol. The number of hydrogen-bond acceptors (Lipinski definition) is 3. The molecule has 1 aromatic heterocycles. The molecule has 0 radical (unpaired) electrons. The van der Waals surface area contributed by atoms with E-state index in [1.54, 1.807) is 0 Å². The van der Waals surface area contributed by atoms with Gasteiger partial charge in [-0.1, -0.05) is 32.0 Å². The number of furan rings is 1. The van der Waals surface area contributed by atoms with Crippen molar-refractivity contribution in [3.8, 4) is 0 Å². The number of nitrogens with one attached hydrogen (secondary N) is 1. The molecule has 0 aliphatic carbocycles. The maximum Gasteiger partial charge on any atom is 0.134 e. The summed E-state index contributed by atoms with van der Waals surface area (Å²) >= 11 is 1.91. The van der Waals surface area contributed by atoms with Gasteiger partial charge in [-0.25, -0.2) is 0 Å². The summed E-state index contributed by atoms with van der Waals surface area (Å²) in [5.74, 6) is 2.98. The van der Waals surface area contributed by atoms with Crippen LogP contribution in [0.1, 0.15) is 38.1 Å². The molecule has 1 N–H and O–H groups in total. The second kappa shape index (κ2) is 7.19. The molecule has 110 valence electrons. The SMILES string of the molecule is CCc1c(C(C)NCC(C)CSC)oc2ccccc12. The summed E-state index contributed by atoms with van der Waals surface area (Å²) in [7, 11) is 0. The van der Waals surface area contributed by atoms with Gasteiger partial charge in [-0.3, -0.25) is 0 Å². The lowest BCUT2D eigenvalue weighted by Gasteiger charge is -2.16. The van der Waals surface area contributed by atoms with Gasteiger partial charge in [0.05, 0.1) is 6.04 Å². The zero-order chi connectivity index (χ0) is 14.5. The number of para-hydroxylation sites is 1. The van der Waals surface area contributed by atoms with E-state index < -0.39 is 0 Å². The molecule has 2 unspecified atom stereocenters. The molecule has 0 bridgehead atoms. The number of hydrogen-bond donors (Lipinski definition) is 1. The lowest BCUT2D eigenvalue weighted by Crippen LogP contribution is -2.25. The second-order valence-corrected chi connectivity index (χ2v) is 6.40. The van der Waals surface area contributed by atoms with Gasteiger partial charge in [-0.05, 0) is 43.9 Å². The fraction of sp³-hybridized carbons (Fsp3) is 0.529. The van der Waals surface area contributed by atoms with Crippen LogP contribution in [0.25, 0.3) is 11.0 Å². The van der Waals surface area contributed by atoms with E-state index >= 15 is 0 Å². The molecule has 0 fully saturated rings. The van der Waals surface area contributed by atoms with E-state index in [4.69, 9.17) is 4.42 Å². The van der Waals surface area contributed by atoms with E-state index in [2.05, 4.69) is 50.5 Å². The van der Waals surface area contributed by atoms with E-state index in [-0.39, 0.29) is 6.04 Å². The predicted octanol–water partition coefficient (Wildman–Crippen LogP) is 4.64. The number of aryl methyl sites for hydroxylation is 1. The molecule has 2 nitrogen and oxygen atoms in total. The van der Waals surface area contributed by atoms with E-state index in [0.29, 0.717) is 5.92 Å². The second-order valence-electron chi connectivity index (χ2n) is 5.49. The summed E-state index contributed by atoms with van der Waals surface area (Å²) in [5.41, 5.74) is 2.35. The van der Waals surface area contributed by atoms with Gasteiger partial charge >= 0.3 is 0 Å². The van der Waals surface area contributed by atoms with Crippen molar-refractivity contribution in [2.45, 2.75) is 33.2 Å². The lowest BCUT2D eigenvalue weighted by atomic mass is 10.0. The van der Waals surface area contributed by atoms with Gasteiger partial charge in [-0.15, -0.1) is 0 Å². The highest BCUT2D eigenvalue weighted by molar-refractivity contribution is 7.98. The van der Waals surface area contributed by atoms with Crippen LogP contribution in [0.5, 0.6) is 0 Å². The van der Waals surface area contributed by atoms with Crippen LogP contribution >= 0.6 is 11.8 Å². The van der Waals surface area contributed by atoms with Crippen LogP contribution in [0.15, 0.2) is 28.7 Å². The molecule has 1 heterocycles. The van der Waals surface area contributed by atoms with E-state index in [1.807, 2.05) is 17.8 Å². The Labute approximate surface area is 126 Å². The Bertz CT molecular complexity index is 549. The minimum Gasteiger partial charge on any atom is -0.459 e. The maximum atomic E-state index is 6.08. The summed E-state index contributed by atoms with van der Waals surface area (Å²) in [5, 5.41) is 4.87. The molecule has 20 heavy (non-hydrogen) atoms. The molecule has 0 saturated heterocycles. The number of rotatable bonds is 7. The van der Waals surface area contributed by atoms with Gasteiger partial charge in [0.15, 0.2) is 0 Å². The van der Waals surface area contributed by atoms with Crippen molar-refractivity contribution < 1.29 is 4.42 Å². The van der Waals surface area contributed by atoms with Crippen LogP contribution in [0.4, 0.5) is 0 Å². The third kappa shape index (κ3) is 3.39. The Morgan fingerprint density at radius 1 is 1.25 bits per heavy atom. The Morgan fingerprint density at radius 3 is 2.70 bits per heavy atom. The minimum absolute atomic E-state index is 0.265. The highest BCUT2D eigenvalue weighted by atomic mass is 32.2. The van der Waals surface area contributed by atoms with Gasteiger partial charge in [-0.2, -0.15) is 11.8 Å². The molecule has 2 aromatic rings. The molecule has 1 aromatic carbocycles. The van der Waals surface area contributed by atoms with Crippen LogP contribution in [-0.2, 0) is 6.42 Å². The van der Waals surface area contributed by atoms with Crippen molar-refractivity contribution in [1.29, 1.82) is 0 Å². The Hall–Kier alpha value is -0.930. The maximum absolute atomic E-state index is 6.08. The third-order valence-corrected chi connectivity index (χ3v) is 4.60. The van der Waals surface area contributed by atoms with E-state index in [0.717, 1.165) is 24.3 Å². The molecule has 2 rings (SSSR count). The van der Waals surface area contributed by atoms with Gasteiger partial charge in [0.2, 0.25) is 0 Å². The third-order valence-electron chi connectivity index (χ3n) is 3.70. The molecule has 0 saturated carbocycles. The number of benzene rings is 1. The van der Waals surface area contributed by atoms with Gasteiger partial charge in [0.1, 0.15) is 11.3 Å². The van der Waals surface area contributed by atoms with Crippen LogP contribution in [-0.4, -0.2) is 18.6 Å². The number of thioether (sulfide) groups is 1. The van der Waals surface area contributed by atoms with Crippen molar-refractivity contribution in [2.75, 3.05) is 18.6 Å². The largest absolute Gasteiger partial charge is 0.459 e. The standard InChI is InChI=1S/C17H25NOS/c1-5-14-15-8-6-7-9-16(15)19-17(14)13(3)18-10-12(2)11-20-4/h6-9,12-13,18H,5,10-11H2,1-4H3. The van der Waals surface area contributed by atoms with E-state index in [1.165, 1.54) is 16.7 Å². The van der Waals surface area contributed by atoms with Crippen molar-refractivity contribution in [1.82, 2.24) is 5.32 Å². The molecule has 0 spiro atoms. The fourth-order valence-corrected chi connectivity index (χ4v) is 3.33. The van der Waals surface area contributed by atoms with Crippen LogP contribution in [0, 0.1) is 5.92 Å². The first kappa shape index (κ1) is 15.5. The summed E-state index contributed by atoms with van der Waals surface area (Å²) < 4.78 is 6.08. The first-order chi connectivity index (χ1) is 9.67. The normalized spacial score (nSPS) is 14.6. The minimum atomic E-state index is 0.265. The molecular formula is C17H25NOS. The fourth-order valence-electron chi connectivity index (χ4n) is 2.65. The van der Waals surface area contributed by atoms with Crippen molar-refractivity contribution in [3.05, 3.63) is 35.6 Å². The summed E-state index contributed by atoms with van der Waals surface area (Å²) in [4.78, 5) is 0. The van der Waals surface area contributed by atoms with E-state index in [9.17, 15) is 0 Å². The quantitative estimate of drug-likeness (QED) is 0.804. The Balaban J connectivity index is 2.15. The van der Waals surface area contributed by atoms with Crippen molar-refractivity contribution in [3.63, 3.8) is 0 Å². The highest BCUT2D eigenvalue weighted by Crippen LogP contribution is 2.30. The summed E-state index contributed by atoms with van der Waals surface area (Å²) in [6, 6.07) is 8.60.